The highest BCUT2D eigenvalue weighted by Crippen LogP contribution is 2.25. The zero-order valence-corrected chi connectivity index (χ0v) is 16.4. The molecule has 0 amide bonds. The van der Waals surface area contributed by atoms with Gasteiger partial charge in [0, 0.05) is 55.3 Å². The van der Waals surface area contributed by atoms with Crippen LogP contribution in [0.1, 0.15) is 17.9 Å². The van der Waals surface area contributed by atoms with Gasteiger partial charge < -0.3 is 9.47 Å². The van der Waals surface area contributed by atoms with E-state index in [0.717, 1.165) is 46.5 Å². The number of imidazole rings is 1. The maximum atomic E-state index is 12.7. The Morgan fingerprint density at radius 3 is 2.82 bits per heavy atom. The summed E-state index contributed by atoms with van der Waals surface area (Å²) in [5.74, 6) is 1.16. The molecule has 0 radical (unpaired) electrons. The molecule has 28 heavy (non-hydrogen) atoms. The average Bonchev–Trinajstić information content (AvgIpc) is 3.29. The monoisotopic (exact) mass is 380 g/mol. The van der Waals surface area contributed by atoms with E-state index >= 15 is 0 Å². The van der Waals surface area contributed by atoms with Gasteiger partial charge in [-0.1, -0.05) is 12.1 Å². The number of likely N-dealkylation sites (tertiary alicyclic amines) is 1. The number of alkyl halides is 1. The average molecular weight is 380 g/mol. The zero-order chi connectivity index (χ0) is 19.7. The molecule has 1 saturated heterocycles. The molecule has 1 aliphatic heterocycles. The fraction of sp³-hybridized carbons (Fsp3) is 0.409. The van der Waals surface area contributed by atoms with Crippen molar-refractivity contribution in [1.29, 1.82) is 0 Å². The highest BCUT2D eigenvalue weighted by molar-refractivity contribution is 5.88. The Kier molecular flexibility index (Phi) is 5.22. The minimum atomic E-state index is -0.355. The van der Waals surface area contributed by atoms with Gasteiger partial charge in [0.15, 0.2) is 0 Å². The van der Waals surface area contributed by atoms with Crippen LogP contribution in [0.15, 0.2) is 36.7 Å². The Balaban J connectivity index is 1.54. The zero-order valence-electron chi connectivity index (χ0n) is 16.4. The van der Waals surface area contributed by atoms with Crippen molar-refractivity contribution in [2.75, 3.05) is 26.3 Å². The Morgan fingerprint density at radius 1 is 1.21 bits per heavy atom. The van der Waals surface area contributed by atoms with Crippen molar-refractivity contribution in [3.63, 3.8) is 0 Å². The molecule has 5 nitrogen and oxygen atoms in total. The first-order chi connectivity index (χ1) is 13.5. The van der Waals surface area contributed by atoms with Crippen molar-refractivity contribution in [2.24, 2.45) is 13.0 Å². The number of carbonyl (C=O) groups excluding carboxylic acids is 1. The summed E-state index contributed by atoms with van der Waals surface area (Å²) < 4.78 is 14.6. The van der Waals surface area contributed by atoms with Crippen molar-refractivity contribution >= 4 is 16.6 Å². The quantitative estimate of drug-likeness (QED) is 0.658. The van der Waals surface area contributed by atoms with Crippen LogP contribution in [0.3, 0.4) is 0 Å². The van der Waals surface area contributed by atoms with Gasteiger partial charge in [-0.05, 0) is 37.4 Å². The summed E-state index contributed by atoms with van der Waals surface area (Å²) in [7, 11) is 2.01. The van der Waals surface area contributed by atoms with Gasteiger partial charge in [-0.2, -0.15) is 0 Å². The molecule has 0 saturated carbocycles. The topological polar surface area (TPSA) is 51.0 Å². The Morgan fingerprint density at radius 2 is 2.07 bits per heavy atom. The maximum absolute atomic E-state index is 12.7. The van der Waals surface area contributed by atoms with Gasteiger partial charge in [0.2, 0.25) is 0 Å². The molecule has 0 N–H and O–H groups in total. The summed E-state index contributed by atoms with van der Waals surface area (Å²) in [5, 5.41) is 2.12. The lowest BCUT2D eigenvalue weighted by atomic mass is 9.98. The van der Waals surface area contributed by atoms with Gasteiger partial charge in [-0.15, -0.1) is 0 Å². The lowest BCUT2D eigenvalue weighted by Gasteiger charge is -2.13. The van der Waals surface area contributed by atoms with Crippen LogP contribution in [0.5, 0.6) is 0 Å². The number of hydrogen-bond donors (Lipinski definition) is 0. The predicted molar refractivity (Wildman–Crippen MR) is 108 cm³/mol. The van der Waals surface area contributed by atoms with Crippen LogP contribution in [-0.4, -0.2) is 51.5 Å². The Bertz CT molecular complexity index is 1010. The molecule has 1 atom stereocenters. The molecule has 4 rings (SSSR count). The molecule has 6 heteroatoms. The fourth-order valence-corrected chi connectivity index (χ4v) is 3.95. The number of rotatable bonds is 6. The van der Waals surface area contributed by atoms with Crippen LogP contribution in [0.4, 0.5) is 4.39 Å². The first-order valence-corrected chi connectivity index (χ1v) is 9.73. The number of benzene rings is 1. The van der Waals surface area contributed by atoms with E-state index in [1.54, 1.807) is 0 Å². The van der Waals surface area contributed by atoms with Crippen LogP contribution in [0.25, 0.3) is 22.0 Å². The van der Waals surface area contributed by atoms with E-state index in [2.05, 4.69) is 32.7 Å². The third-order valence-corrected chi connectivity index (χ3v) is 5.78. The number of nitrogens with zero attached hydrogens (tertiary/aromatic N) is 4. The summed E-state index contributed by atoms with van der Waals surface area (Å²) in [6.07, 6.45) is 4.86. The second kappa shape index (κ2) is 7.80. The van der Waals surface area contributed by atoms with Crippen LogP contribution in [-0.2, 0) is 18.3 Å². The Labute approximate surface area is 164 Å². The second-order valence-corrected chi connectivity index (χ2v) is 7.61. The SMILES string of the molecule is Cc1ncc(-c2ccc3cnc(CC(=O)C4CCN(CCF)C4)cc3c2)n1C. The second-order valence-electron chi connectivity index (χ2n) is 7.61. The highest BCUT2D eigenvalue weighted by Gasteiger charge is 2.28. The van der Waals surface area contributed by atoms with Gasteiger partial charge in [0.05, 0.1) is 11.9 Å². The summed E-state index contributed by atoms with van der Waals surface area (Å²) in [4.78, 5) is 23.5. The van der Waals surface area contributed by atoms with Crippen molar-refractivity contribution in [1.82, 2.24) is 19.4 Å². The Hall–Kier alpha value is -2.60. The summed E-state index contributed by atoms with van der Waals surface area (Å²) in [5.41, 5.74) is 2.95. The van der Waals surface area contributed by atoms with Crippen molar-refractivity contribution in [3.8, 4) is 11.3 Å². The van der Waals surface area contributed by atoms with E-state index in [0.29, 0.717) is 19.5 Å². The van der Waals surface area contributed by atoms with Gasteiger partial charge in [0.25, 0.3) is 0 Å². The van der Waals surface area contributed by atoms with Crippen molar-refractivity contribution < 1.29 is 9.18 Å². The summed E-state index contributed by atoms with van der Waals surface area (Å²) in [6, 6.07) is 8.26. The van der Waals surface area contributed by atoms with Crippen molar-refractivity contribution in [2.45, 2.75) is 19.8 Å². The maximum Gasteiger partial charge on any atom is 0.143 e. The van der Waals surface area contributed by atoms with Crippen LogP contribution in [0, 0.1) is 12.8 Å². The molecule has 0 spiro atoms. The number of halogens is 1. The number of hydrogen-bond acceptors (Lipinski definition) is 4. The van der Waals surface area contributed by atoms with Gasteiger partial charge in [0.1, 0.15) is 18.3 Å². The molecule has 3 aromatic rings. The molecule has 1 aliphatic rings. The third-order valence-electron chi connectivity index (χ3n) is 5.78. The third kappa shape index (κ3) is 3.69. The number of ketones is 1. The first kappa shape index (κ1) is 18.7. The van der Waals surface area contributed by atoms with E-state index in [4.69, 9.17) is 0 Å². The normalized spacial score (nSPS) is 17.5. The lowest BCUT2D eigenvalue weighted by Crippen LogP contribution is -2.26. The molecule has 3 heterocycles. The minimum absolute atomic E-state index is 0.00667. The van der Waals surface area contributed by atoms with Crippen LogP contribution < -0.4 is 0 Å². The first-order valence-electron chi connectivity index (χ1n) is 9.73. The molecule has 146 valence electrons. The number of fused-ring (bicyclic) bond motifs is 1. The smallest absolute Gasteiger partial charge is 0.143 e. The van der Waals surface area contributed by atoms with E-state index in [1.165, 1.54) is 0 Å². The number of Topliss-reactive ketones (excluding diaryl/α,β-unsaturated/α-hetero) is 1. The van der Waals surface area contributed by atoms with E-state index in [-0.39, 0.29) is 18.4 Å². The molecule has 1 aromatic carbocycles. The number of aromatic nitrogens is 3. The van der Waals surface area contributed by atoms with Crippen LogP contribution >= 0.6 is 0 Å². The lowest BCUT2D eigenvalue weighted by molar-refractivity contribution is -0.121. The molecule has 2 aromatic heterocycles. The predicted octanol–water partition coefficient (Wildman–Crippen LogP) is 3.35. The van der Waals surface area contributed by atoms with Crippen LogP contribution in [0.2, 0.25) is 0 Å². The van der Waals surface area contributed by atoms with Gasteiger partial charge in [-0.3, -0.25) is 9.78 Å². The molecule has 0 aliphatic carbocycles. The molecule has 0 bridgehead atoms. The molecule has 1 unspecified atom stereocenters. The highest BCUT2D eigenvalue weighted by atomic mass is 19.1. The largest absolute Gasteiger partial charge is 0.331 e. The number of carbonyl (C=O) groups is 1. The summed E-state index contributed by atoms with van der Waals surface area (Å²) in [6.45, 7) is 3.52. The molecule has 1 fully saturated rings. The standard InChI is InChI=1S/C22H25FN4O/c1-15-24-13-21(26(15)2)16-3-4-17-12-25-20(10-19(17)9-16)11-22(28)18-5-7-27(14-18)8-6-23/h3-4,9-10,12-13,18H,5-8,11,14H2,1-2H3. The minimum Gasteiger partial charge on any atom is -0.331 e. The number of pyridine rings is 1. The van der Waals surface area contributed by atoms with Gasteiger partial charge in [-0.25, -0.2) is 9.37 Å². The fourth-order valence-electron chi connectivity index (χ4n) is 3.95. The summed E-state index contributed by atoms with van der Waals surface area (Å²) >= 11 is 0. The molecular formula is C22H25FN4O. The number of aryl methyl sites for hydroxylation is 1. The van der Waals surface area contributed by atoms with E-state index in [9.17, 15) is 9.18 Å². The van der Waals surface area contributed by atoms with Crippen molar-refractivity contribution in [3.05, 3.63) is 48.2 Å². The van der Waals surface area contributed by atoms with Gasteiger partial charge >= 0.3 is 0 Å². The van der Waals surface area contributed by atoms with E-state index in [1.807, 2.05) is 37.3 Å². The van der Waals surface area contributed by atoms with E-state index < -0.39 is 0 Å². The molecular weight excluding hydrogens is 355 g/mol.